The molecule has 0 bridgehead atoms. The Morgan fingerprint density at radius 1 is 0.968 bits per heavy atom. The summed E-state index contributed by atoms with van der Waals surface area (Å²) in [6.07, 6.45) is -3.30. The summed E-state index contributed by atoms with van der Waals surface area (Å²) in [5.41, 5.74) is 1.79. The molecule has 0 unspecified atom stereocenters. The second kappa shape index (κ2) is 8.71. The van der Waals surface area contributed by atoms with Crippen LogP contribution < -0.4 is 10.1 Å². The van der Waals surface area contributed by atoms with Crippen LogP contribution in [0.25, 0.3) is 11.1 Å². The highest BCUT2D eigenvalue weighted by atomic mass is 19.4. The van der Waals surface area contributed by atoms with Crippen LogP contribution in [0.5, 0.6) is 5.75 Å². The largest absolute Gasteiger partial charge is 0.488 e. The van der Waals surface area contributed by atoms with Crippen molar-refractivity contribution in [1.29, 1.82) is 0 Å². The number of halogens is 3. The van der Waals surface area contributed by atoms with Crippen LogP contribution in [-0.4, -0.2) is 12.2 Å². The molecule has 160 valence electrons. The number of nitrogens with one attached hydrogen (secondary N) is 1. The Morgan fingerprint density at radius 3 is 2.32 bits per heavy atom. The summed E-state index contributed by atoms with van der Waals surface area (Å²) in [6.45, 7) is 0.297. The van der Waals surface area contributed by atoms with E-state index in [0.29, 0.717) is 29.2 Å². The number of rotatable bonds is 6. The van der Waals surface area contributed by atoms with E-state index in [1.807, 2.05) is 30.3 Å². The fourth-order valence-electron chi connectivity index (χ4n) is 3.02. The molecule has 31 heavy (non-hydrogen) atoms. The van der Waals surface area contributed by atoms with E-state index in [9.17, 15) is 18.0 Å². The van der Waals surface area contributed by atoms with E-state index >= 15 is 0 Å². The lowest BCUT2D eigenvalue weighted by Gasteiger charge is -2.15. The van der Waals surface area contributed by atoms with Crippen LogP contribution in [0.3, 0.4) is 0 Å². The SMILES string of the molecule is O=C(Nc1ccc(OCc2ccccc2)c(-c2ccc(C(F)(F)F)cc2)c1)OC1CC1. The zero-order valence-electron chi connectivity index (χ0n) is 16.5. The minimum atomic E-state index is -4.42. The molecule has 4 rings (SSSR count). The highest BCUT2D eigenvalue weighted by Gasteiger charge is 2.30. The van der Waals surface area contributed by atoms with E-state index in [1.165, 1.54) is 12.1 Å². The Morgan fingerprint density at radius 2 is 1.68 bits per heavy atom. The Kier molecular flexibility index (Phi) is 5.84. The lowest BCUT2D eigenvalue weighted by atomic mass is 10.0. The van der Waals surface area contributed by atoms with E-state index < -0.39 is 17.8 Å². The third kappa shape index (κ3) is 5.57. The van der Waals surface area contributed by atoms with Gasteiger partial charge in [0.15, 0.2) is 0 Å². The summed E-state index contributed by atoms with van der Waals surface area (Å²) in [5, 5.41) is 2.66. The number of hydrogen-bond acceptors (Lipinski definition) is 3. The quantitative estimate of drug-likeness (QED) is 0.478. The maximum Gasteiger partial charge on any atom is 0.416 e. The minimum Gasteiger partial charge on any atom is -0.488 e. The Labute approximate surface area is 177 Å². The maximum absolute atomic E-state index is 12.9. The van der Waals surface area contributed by atoms with Crippen molar-refractivity contribution in [2.24, 2.45) is 0 Å². The Balaban J connectivity index is 1.60. The van der Waals surface area contributed by atoms with Crippen LogP contribution in [0.2, 0.25) is 0 Å². The number of carbonyl (C=O) groups excluding carboxylic acids is 1. The number of alkyl halides is 3. The second-order valence-electron chi connectivity index (χ2n) is 7.29. The number of carbonyl (C=O) groups is 1. The molecule has 3 aromatic carbocycles. The lowest BCUT2D eigenvalue weighted by molar-refractivity contribution is -0.137. The molecule has 0 aromatic heterocycles. The molecule has 0 radical (unpaired) electrons. The van der Waals surface area contributed by atoms with Crippen LogP contribution in [0.4, 0.5) is 23.7 Å². The molecule has 1 saturated carbocycles. The van der Waals surface area contributed by atoms with Gasteiger partial charge in [-0.25, -0.2) is 4.79 Å². The first kappa shape index (κ1) is 20.8. The Hall–Kier alpha value is -3.48. The number of benzene rings is 3. The van der Waals surface area contributed by atoms with E-state index in [2.05, 4.69) is 5.32 Å². The summed E-state index contributed by atoms with van der Waals surface area (Å²) >= 11 is 0. The molecule has 1 N–H and O–H groups in total. The zero-order chi connectivity index (χ0) is 21.8. The van der Waals surface area contributed by atoms with E-state index in [0.717, 1.165) is 30.5 Å². The number of anilines is 1. The van der Waals surface area contributed by atoms with Crippen molar-refractivity contribution >= 4 is 11.8 Å². The third-order valence-corrected chi connectivity index (χ3v) is 4.78. The standard InChI is InChI=1S/C24H20F3NO3/c25-24(26,27)18-8-6-17(7-9-18)21-14-19(28-23(29)31-20-11-12-20)10-13-22(21)30-15-16-4-2-1-3-5-16/h1-10,13-14,20H,11-12,15H2,(H,28,29). The average Bonchev–Trinajstić information content (AvgIpc) is 3.57. The number of amides is 1. The third-order valence-electron chi connectivity index (χ3n) is 4.78. The predicted octanol–water partition coefficient (Wildman–Crippen LogP) is 6.66. The van der Waals surface area contributed by atoms with Crippen LogP contribution in [0.1, 0.15) is 24.0 Å². The monoisotopic (exact) mass is 427 g/mol. The summed E-state index contributed by atoms with van der Waals surface area (Å²) in [5.74, 6) is 0.490. The summed E-state index contributed by atoms with van der Waals surface area (Å²) in [6, 6.07) is 19.4. The van der Waals surface area contributed by atoms with Crippen molar-refractivity contribution in [3.63, 3.8) is 0 Å². The van der Waals surface area contributed by atoms with Gasteiger partial charge in [-0.2, -0.15) is 13.2 Å². The van der Waals surface area contributed by atoms with Gasteiger partial charge in [0.1, 0.15) is 18.5 Å². The molecular formula is C24H20F3NO3. The number of ether oxygens (including phenoxy) is 2. The van der Waals surface area contributed by atoms with E-state index in [1.54, 1.807) is 18.2 Å². The van der Waals surface area contributed by atoms with E-state index in [-0.39, 0.29) is 6.10 Å². The van der Waals surface area contributed by atoms with Crippen molar-refractivity contribution in [1.82, 2.24) is 0 Å². The van der Waals surface area contributed by atoms with Crippen molar-refractivity contribution in [3.8, 4) is 16.9 Å². The normalized spacial score (nSPS) is 13.5. The first-order chi connectivity index (χ1) is 14.9. The fourth-order valence-corrected chi connectivity index (χ4v) is 3.02. The molecule has 1 fully saturated rings. The van der Waals surface area contributed by atoms with Gasteiger partial charge in [-0.1, -0.05) is 42.5 Å². The zero-order valence-corrected chi connectivity index (χ0v) is 16.5. The first-order valence-corrected chi connectivity index (χ1v) is 9.84. The molecular weight excluding hydrogens is 407 g/mol. The van der Waals surface area contributed by atoms with Crippen LogP contribution >= 0.6 is 0 Å². The molecule has 0 saturated heterocycles. The van der Waals surface area contributed by atoms with Crippen LogP contribution in [0, 0.1) is 0 Å². The van der Waals surface area contributed by atoms with Gasteiger partial charge in [0.05, 0.1) is 5.56 Å². The summed E-state index contributed by atoms with van der Waals surface area (Å²) in [7, 11) is 0. The van der Waals surface area contributed by atoms with Gasteiger partial charge in [0.2, 0.25) is 0 Å². The first-order valence-electron chi connectivity index (χ1n) is 9.84. The Bertz CT molecular complexity index is 1050. The predicted molar refractivity (Wildman–Crippen MR) is 111 cm³/mol. The molecule has 1 aliphatic carbocycles. The molecule has 0 atom stereocenters. The highest BCUT2D eigenvalue weighted by molar-refractivity contribution is 5.87. The minimum absolute atomic E-state index is 0.0390. The van der Waals surface area contributed by atoms with Gasteiger partial charge in [-0.15, -0.1) is 0 Å². The van der Waals surface area contributed by atoms with E-state index in [4.69, 9.17) is 9.47 Å². The molecule has 0 spiro atoms. The van der Waals surface area contributed by atoms with Gasteiger partial charge >= 0.3 is 12.3 Å². The summed E-state index contributed by atoms with van der Waals surface area (Å²) < 4.78 is 50.0. The van der Waals surface area contributed by atoms with Gasteiger partial charge in [0, 0.05) is 11.3 Å². The maximum atomic E-state index is 12.9. The van der Waals surface area contributed by atoms with Crippen molar-refractivity contribution in [2.75, 3.05) is 5.32 Å². The van der Waals surface area contributed by atoms with Crippen molar-refractivity contribution in [2.45, 2.75) is 31.7 Å². The van der Waals surface area contributed by atoms with Gasteiger partial charge in [-0.3, -0.25) is 5.32 Å². The fraction of sp³-hybridized carbons (Fsp3) is 0.208. The molecule has 0 heterocycles. The van der Waals surface area contributed by atoms with Crippen molar-refractivity contribution in [3.05, 3.63) is 83.9 Å². The van der Waals surface area contributed by atoms with Crippen molar-refractivity contribution < 1.29 is 27.4 Å². The van der Waals surface area contributed by atoms with Crippen LogP contribution in [-0.2, 0) is 17.5 Å². The number of hydrogen-bond donors (Lipinski definition) is 1. The smallest absolute Gasteiger partial charge is 0.416 e. The highest BCUT2D eigenvalue weighted by Crippen LogP contribution is 2.36. The van der Waals surface area contributed by atoms with Gasteiger partial charge < -0.3 is 9.47 Å². The second-order valence-corrected chi connectivity index (χ2v) is 7.29. The van der Waals surface area contributed by atoms with Gasteiger partial charge in [0.25, 0.3) is 0 Å². The lowest BCUT2D eigenvalue weighted by Crippen LogP contribution is -2.14. The average molecular weight is 427 g/mol. The topological polar surface area (TPSA) is 47.6 Å². The van der Waals surface area contributed by atoms with Crippen LogP contribution in [0.15, 0.2) is 72.8 Å². The molecule has 0 aliphatic heterocycles. The van der Waals surface area contributed by atoms with Gasteiger partial charge in [-0.05, 0) is 54.3 Å². The molecule has 1 amide bonds. The molecule has 3 aromatic rings. The molecule has 1 aliphatic rings. The molecule has 4 nitrogen and oxygen atoms in total. The summed E-state index contributed by atoms with van der Waals surface area (Å²) in [4.78, 5) is 12.0. The molecule has 7 heteroatoms.